The molecule has 1 atom stereocenters. The third-order valence-corrected chi connectivity index (χ3v) is 4.59. The van der Waals surface area contributed by atoms with E-state index in [9.17, 15) is 22.8 Å². The highest BCUT2D eigenvalue weighted by Crippen LogP contribution is 2.23. The first-order valence-corrected chi connectivity index (χ1v) is 10.1. The number of alkyl halides is 2. The lowest BCUT2D eigenvalue weighted by atomic mass is 9.99. The molecule has 0 radical (unpaired) electrons. The number of carboxylic acids is 1. The number of aryl methyl sites for hydroxylation is 1. The van der Waals surface area contributed by atoms with Crippen LogP contribution in [-0.4, -0.2) is 46.8 Å². The lowest BCUT2D eigenvalue weighted by molar-refractivity contribution is -0.121. The second-order valence-corrected chi connectivity index (χ2v) is 7.05. The molecule has 0 aliphatic heterocycles. The number of carbonyl (C=O) groups excluding carboxylic acids is 1. The van der Waals surface area contributed by atoms with Crippen LogP contribution < -0.4 is 10.1 Å². The van der Waals surface area contributed by atoms with Gasteiger partial charge < -0.3 is 20.9 Å². The number of ether oxygens (including phenoxy) is 1. The van der Waals surface area contributed by atoms with E-state index in [1.165, 1.54) is 31.4 Å². The number of hydrogen-bond donors (Lipinski definition) is 2. The standard InChI is InChI=1S/C12H15F2N2O.C11H9FN2O3/c1-8-4-2-3-5-9(8)10(15)6-12(17)16-7-11(13)14;1-17-10-6-8(11(15)16)13-14(10)9-5-3-2-4-7(9)12/h2-5,10-11,15H,6-7H2,1H3,(H,16,17);2-6H,1H3,(H,15,16)/q-1;/t10-;/m0./s1. The van der Waals surface area contributed by atoms with E-state index in [1.54, 1.807) is 18.2 Å². The van der Waals surface area contributed by atoms with Gasteiger partial charge in [0.1, 0.15) is 11.5 Å². The SMILES string of the molecule is COc1cc(C(=O)O)nn1-c1ccccc1F.Cc1ccccc1[C@@H]([NH-])CC(=O)NCC(F)F. The number of para-hydroxylation sites is 1. The van der Waals surface area contributed by atoms with Crippen molar-refractivity contribution in [3.63, 3.8) is 0 Å². The first-order valence-electron chi connectivity index (χ1n) is 10.1. The Morgan fingerprint density at radius 1 is 1.18 bits per heavy atom. The molecule has 0 aliphatic carbocycles. The van der Waals surface area contributed by atoms with Crippen LogP contribution in [0.25, 0.3) is 11.4 Å². The largest absolute Gasteiger partial charge is 0.670 e. The summed E-state index contributed by atoms with van der Waals surface area (Å²) in [5, 5.41) is 14.7. The number of nitrogens with zero attached hydrogens (tertiary/aromatic N) is 2. The summed E-state index contributed by atoms with van der Waals surface area (Å²) in [6, 6.07) is 13.7. The maximum Gasteiger partial charge on any atom is 0.356 e. The molecule has 0 unspecified atom stereocenters. The van der Waals surface area contributed by atoms with Crippen LogP contribution in [0.1, 0.15) is 34.1 Å². The number of aromatic carboxylic acids is 1. The Labute approximate surface area is 194 Å². The van der Waals surface area contributed by atoms with Gasteiger partial charge in [-0.25, -0.2) is 18.0 Å². The van der Waals surface area contributed by atoms with E-state index < -0.39 is 36.7 Å². The highest BCUT2D eigenvalue weighted by atomic mass is 19.3. The molecule has 3 N–H and O–H groups in total. The predicted octanol–water partition coefficient (Wildman–Crippen LogP) is 4.58. The molecular weight excluding hydrogens is 453 g/mol. The second-order valence-electron chi connectivity index (χ2n) is 7.05. The molecule has 0 saturated carbocycles. The summed E-state index contributed by atoms with van der Waals surface area (Å²) in [7, 11) is 1.36. The molecule has 2 aromatic carbocycles. The number of methoxy groups -OCH3 is 1. The Morgan fingerprint density at radius 3 is 2.41 bits per heavy atom. The fourth-order valence-electron chi connectivity index (χ4n) is 2.95. The molecule has 0 saturated heterocycles. The van der Waals surface area contributed by atoms with Crippen molar-refractivity contribution in [2.24, 2.45) is 0 Å². The van der Waals surface area contributed by atoms with Gasteiger partial charge in [-0.05, 0) is 24.6 Å². The van der Waals surface area contributed by atoms with Gasteiger partial charge in [0.05, 0.1) is 13.7 Å². The maximum absolute atomic E-state index is 13.5. The number of amides is 1. The van der Waals surface area contributed by atoms with Gasteiger partial charge in [0.25, 0.3) is 6.43 Å². The highest BCUT2D eigenvalue weighted by molar-refractivity contribution is 5.85. The number of carboxylic acid groups (broad SMARTS) is 1. The van der Waals surface area contributed by atoms with Crippen LogP contribution in [-0.2, 0) is 4.79 Å². The summed E-state index contributed by atoms with van der Waals surface area (Å²) in [6.45, 7) is 1.20. The number of halogens is 3. The number of aromatic nitrogens is 2. The summed E-state index contributed by atoms with van der Waals surface area (Å²) in [5.74, 6) is -2.06. The lowest BCUT2D eigenvalue weighted by Crippen LogP contribution is -2.29. The molecule has 0 aliphatic rings. The van der Waals surface area contributed by atoms with Gasteiger partial charge in [-0.2, -0.15) is 9.78 Å². The van der Waals surface area contributed by atoms with Crippen molar-refractivity contribution in [2.75, 3.05) is 13.7 Å². The molecule has 0 bridgehead atoms. The van der Waals surface area contributed by atoms with Gasteiger partial charge in [-0.1, -0.05) is 42.0 Å². The van der Waals surface area contributed by atoms with Crippen molar-refractivity contribution >= 4 is 11.9 Å². The van der Waals surface area contributed by atoms with Crippen LogP contribution in [0.3, 0.4) is 0 Å². The summed E-state index contributed by atoms with van der Waals surface area (Å²) in [4.78, 5) is 22.1. The van der Waals surface area contributed by atoms with Gasteiger partial charge in [0.2, 0.25) is 11.8 Å². The Morgan fingerprint density at radius 2 is 1.82 bits per heavy atom. The van der Waals surface area contributed by atoms with Gasteiger partial charge >= 0.3 is 5.97 Å². The molecule has 1 heterocycles. The maximum atomic E-state index is 13.5. The van der Waals surface area contributed by atoms with Gasteiger partial charge in [0, 0.05) is 12.5 Å². The fraction of sp³-hybridized carbons (Fsp3) is 0.261. The predicted molar refractivity (Wildman–Crippen MR) is 119 cm³/mol. The normalized spacial score (nSPS) is 11.4. The van der Waals surface area contributed by atoms with Gasteiger partial charge in [0.15, 0.2) is 5.69 Å². The molecule has 0 fully saturated rings. The zero-order valence-electron chi connectivity index (χ0n) is 18.5. The minimum Gasteiger partial charge on any atom is -0.670 e. The number of rotatable bonds is 8. The van der Waals surface area contributed by atoms with Crippen LogP contribution in [0.2, 0.25) is 0 Å². The van der Waals surface area contributed by atoms with Crippen molar-refractivity contribution in [1.29, 1.82) is 0 Å². The van der Waals surface area contributed by atoms with Crippen molar-refractivity contribution < 1.29 is 32.6 Å². The molecule has 3 rings (SSSR count). The average Bonchev–Trinajstić information content (AvgIpc) is 3.23. The van der Waals surface area contributed by atoms with Crippen molar-refractivity contribution in [1.82, 2.24) is 15.1 Å². The van der Waals surface area contributed by atoms with Crippen molar-refractivity contribution in [2.45, 2.75) is 25.8 Å². The monoisotopic (exact) mass is 477 g/mol. The molecule has 11 heteroatoms. The molecule has 1 amide bonds. The van der Waals surface area contributed by atoms with Gasteiger partial charge in [-0.3, -0.25) is 4.79 Å². The molecule has 1 aromatic heterocycles. The number of hydrogen-bond acceptors (Lipinski definition) is 4. The van der Waals surface area contributed by atoms with E-state index in [1.807, 2.05) is 19.1 Å². The molecule has 8 nitrogen and oxygen atoms in total. The average molecular weight is 477 g/mol. The van der Waals surface area contributed by atoms with E-state index in [-0.39, 0.29) is 23.7 Å². The lowest BCUT2D eigenvalue weighted by Gasteiger charge is -2.22. The van der Waals surface area contributed by atoms with Crippen molar-refractivity contribution in [3.8, 4) is 11.6 Å². The molecule has 182 valence electrons. The van der Waals surface area contributed by atoms with E-state index in [4.69, 9.17) is 15.6 Å². The highest BCUT2D eigenvalue weighted by Gasteiger charge is 2.16. The van der Waals surface area contributed by atoms with Crippen LogP contribution in [0.4, 0.5) is 13.2 Å². The smallest absolute Gasteiger partial charge is 0.356 e. The summed E-state index contributed by atoms with van der Waals surface area (Å²) in [5.41, 5.74) is 9.43. The van der Waals surface area contributed by atoms with Crippen LogP contribution >= 0.6 is 0 Å². The summed E-state index contributed by atoms with van der Waals surface area (Å²) < 4.78 is 43.3. The summed E-state index contributed by atoms with van der Waals surface area (Å²) >= 11 is 0. The Hall–Kier alpha value is -3.86. The number of nitrogens with one attached hydrogen (secondary N) is 2. The minimum absolute atomic E-state index is 0.0996. The molecule has 34 heavy (non-hydrogen) atoms. The quantitative estimate of drug-likeness (QED) is 0.493. The second kappa shape index (κ2) is 12.4. The van der Waals surface area contributed by atoms with Crippen LogP contribution in [0.15, 0.2) is 54.6 Å². The summed E-state index contributed by atoms with van der Waals surface area (Å²) in [6.07, 6.45) is -2.65. The third-order valence-electron chi connectivity index (χ3n) is 4.59. The zero-order chi connectivity index (χ0) is 25.3. The third kappa shape index (κ3) is 7.34. The van der Waals surface area contributed by atoms with Crippen LogP contribution in [0.5, 0.6) is 5.88 Å². The topological polar surface area (TPSA) is 117 Å². The Balaban J connectivity index is 0.000000240. The van der Waals surface area contributed by atoms with E-state index >= 15 is 0 Å². The van der Waals surface area contributed by atoms with Crippen LogP contribution in [0, 0.1) is 12.7 Å². The first kappa shape index (κ1) is 26.4. The first-order chi connectivity index (χ1) is 16.1. The Kier molecular flexibility index (Phi) is 9.62. The molecule has 0 spiro atoms. The molecule has 3 aromatic rings. The van der Waals surface area contributed by atoms with E-state index in [0.717, 1.165) is 15.8 Å². The molecular formula is C23H24F3N4O4-. The van der Waals surface area contributed by atoms with E-state index in [2.05, 4.69) is 10.4 Å². The zero-order valence-corrected chi connectivity index (χ0v) is 18.5. The minimum atomic E-state index is -2.55. The number of carbonyl (C=O) groups is 2. The van der Waals surface area contributed by atoms with E-state index in [0.29, 0.717) is 0 Å². The van der Waals surface area contributed by atoms with Gasteiger partial charge in [-0.15, -0.1) is 6.04 Å². The van der Waals surface area contributed by atoms with Crippen molar-refractivity contribution in [3.05, 3.63) is 83.0 Å². The Bertz CT molecular complexity index is 1120. The fourth-order valence-corrected chi connectivity index (χ4v) is 2.95. The number of benzene rings is 2.